The molecule has 2 heterocycles. The third kappa shape index (κ3) is 8.53. The van der Waals surface area contributed by atoms with E-state index in [4.69, 9.17) is 18.9 Å². The summed E-state index contributed by atoms with van der Waals surface area (Å²) in [7, 11) is 0. The third-order valence-corrected chi connectivity index (χ3v) is 6.05. The van der Waals surface area contributed by atoms with Crippen LogP contribution in [0.4, 0.5) is 23.5 Å². The van der Waals surface area contributed by atoms with E-state index in [9.17, 15) is 4.79 Å². The first-order chi connectivity index (χ1) is 20.7. The summed E-state index contributed by atoms with van der Waals surface area (Å²) in [6.07, 6.45) is 0. The molecule has 0 fully saturated rings. The lowest BCUT2D eigenvalue weighted by Gasteiger charge is -2.12. The Labute approximate surface area is 243 Å². The number of hydrogen-bond donors (Lipinski definition) is 4. The minimum atomic E-state index is -0.118. The number of nitrogens with zero attached hydrogens (tertiary/aromatic N) is 3. The molecule has 0 unspecified atom stereocenters. The summed E-state index contributed by atoms with van der Waals surface area (Å²) in [6.45, 7) is 3.24. The number of amides is 1. The van der Waals surface area contributed by atoms with Crippen LogP contribution in [-0.4, -0.2) is 67.2 Å². The Morgan fingerprint density at radius 1 is 0.714 bits per heavy atom. The van der Waals surface area contributed by atoms with Crippen molar-refractivity contribution in [2.24, 2.45) is 0 Å². The van der Waals surface area contributed by atoms with Crippen molar-refractivity contribution < 1.29 is 23.7 Å². The highest BCUT2D eigenvalue weighted by atomic mass is 16.7. The zero-order chi connectivity index (χ0) is 28.8. The number of fused-ring (bicyclic) bond motifs is 1. The third-order valence-electron chi connectivity index (χ3n) is 6.05. The van der Waals surface area contributed by atoms with Crippen molar-refractivity contribution >= 4 is 29.4 Å². The van der Waals surface area contributed by atoms with Crippen LogP contribution in [0.3, 0.4) is 0 Å². The molecule has 12 nitrogen and oxygen atoms in total. The predicted octanol–water partition coefficient (Wildman–Crippen LogP) is 3.83. The maximum Gasteiger partial charge on any atom is 0.251 e. The van der Waals surface area contributed by atoms with Crippen LogP contribution in [0.2, 0.25) is 0 Å². The first kappa shape index (κ1) is 28.6. The summed E-state index contributed by atoms with van der Waals surface area (Å²) >= 11 is 0. The number of ether oxygens (including phenoxy) is 4. The molecule has 218 valence electrons. The molecule has 0 bridgehead atoms. The number of anilines is 4. The van der Waals surface area contributed by atoms with Crippen molar-refractivity contribution in [2.45, 2.75) is 6.54 Å². The molecule has 4 aromatic rings. The predicted molar refractivity (Wildman–Crippen MR) is 158 cm³/mol. The fourth-order valence-corrected chi connectivity index (χ4v) is 4.03. The molecule has 0 radical (unpaired) electrons. The standard InChI is InChI=1S/C30H33N7O5/c38-27(22-8-3-1-4-9-22)31-14-16-39-18-19-40-17-15-32-28-35-29(37-30(36-28)34-24-11-5-2-6-12-24)33-20-23-10-7-13-25-26(23)42-21-41-25/h1-13H,14-21H2,(H,31,38)(H3,32,33,34,35,36,37). The lowest BCUT2D eigenvalue weighted by Crippen LogP contribution is -2.27. The fourth-order valence-electron chi connectivity index (χ4n) is 4.03. The van der Waals surface area contributed by atoms with Crippen molar-refractivity contribution in [2.75, 3.05) is 62.3 Å². The van der Waals surface area contributed by atoms with E-state index >= 15 is 0 Å². The zero-order valence-corrected chi connectivity index (χ0v) is 23.0. The molecule has 1 aromatic heterocycles. The van der Waals surface area contributed by atoms with Crippen LogP contribution in [-0.2, 0) is 16.0 Å². The van der Waals surface area contributed by atoms with Crippen molar-refractivity contribution in [3.05, 3.63) is 90.0 Å². The molecule has 1 aliphatic heterocycles. The second-order valence-corrected chi connectivity index (χ2v) is 9.08. The van der Waals surface area contributed by atoms with Crippen molar-refractivity contribution in [3.63, 3.8) is 0 Å². The minimum absolute atomic E-state index is 0.118. The van der Waals surface area contributed by atoms with Crippen molar-refractivity contribution in [1.29, 1.82) is 0 Å². The van der Waals surface area contributed by atoms with Crippen molar-refractivity contribution in [1.82, 2.24) is 20.3 Å². The van der Waals surface area contributed by atoms with Gasteiger partial charge in [0.05, 0.1) is 26.4 Å². The lowest BCUT2D eigenvalue weighted by molar-refractivity contribution is 0.0519. The Morgan fingerprint density at radius 2 is 1.40 bits per heavy atom. The van der Waals surface area contributed by atoms with E-state index in [2.05, 4.69) is 36.2 Å². The number of para-hydroxylation sites is 2. The molecule has 0 aliphatic carbocycles. The van der Waals surface area contributed by atoms with Gasteiger partial charge < -0.3 is 40.2 Å². The van der Waals surface area contributed by atoms with E-state index in [0.29, 0.717) is 69.5 Å². The summed E-state index contributed by atoms with van der Waals surface area (Å²) in [4.78, 5) is 25.6. The molecule has 5 rings (SSSR count). The first-order valence-corrected chi connectivity index (χ1v) is 13.7. The van der Waals surface area contributed by atoms with Gasteiger partial charge in [0.1, 0.15) is 0 Å². The van der Waals surface area contributed by atoms with Crippen LogP contribution < -0.4 is 30.7 Å². The van der Waals surface area contributed by atoms with Crippen LogP contribution in [0.1, 0.15) is 15.9 Å². The molecular formula is C30H33N7O5. The SMILES string of the molecule is O=C(NCCOCCOCCNc1nc(NCc2cccc3c2OCO3)nc(Nc2ccccc2)n1)c1ccccc1. The van der Waals surface area contributed by atoms with Gasteiger partial charge in [0.25, 0.3) is 5.91 Å². The van der Waals surface area contributed by atoms with Crippen LogP contribution in [0.25, 0.3) is 0 Å². The van der Waals surface area contributed by atoms with Gasteiger partial charge in [0.15, 0.2) is 11.5 Å². The quantitative estimate of drug-likeness (QED) is 0.146. The number of carbonyl (C=O) groups excluding carboxylic acids is 1. The Kier molecular flexibility index (Phi) is 10.3. The Morgan fingerprint density at radius 3 is 2.19 bits per heavy atom. The van der Waals surface area contributed by atoms with E-state index in [1.54, 1.807) is 12.1 Å². The van der Waals surface area contributed by atoms with Gasteiger partial charge in [-0.3, -0.25) is 4.79 Å². The topological polar surface area (TPSA) is 141 Å². The molecular weight excluding hydrogens is 538 g/mol. The van der Waals surface area contributed by atoms with E-state index in [1.165, 1.54) is 0 Å². The zero-order valence-electron chi connectivity index (χ0n) is 23.0. The normalized spacial score (nSPS) is 11.6. The Bertz CT molecular complexity index is 1430. The number of nitrogens with one attached hydrogen (secondary N) is 4. The first-order valence-electron chi connectivity index (χ1n) is 13.7. The molecule has 1 aliphatic rings. The average molecular weight is 572 g/mol. The van der Waals surface area contributed by atoms with Crippen LogP contribution >= 0.6 is 0 Å². The maximum atomic E-state index is 12.0. The molecule has 0 saturated carbocycles. The van der Waals surface area contributed by atoms with Gasteiger partial charge in [0.2, 0.25) is 24.6 Å². The smallest absolute Gasteiger partial charge is 0.251 e. The van der Waals surface area contributed by atoms with Gasteiger partial charge in [-0.15, -0.1) is 0 Å². The Balaban J connectivity index is 1.05. The molecule has 0 spiro atoms. The van der Waals surface area contributed by atoms with Gasteiger partial charge in [-0.05, 0) is 30.3 Å². The highest BCUT2D eigenvalue weighted by molar-refractivity contribution is 5.94. The number of aromatic nitrogens is 3. The monoisotopic (exact) mass is 571 g/mol. The second kappa shape index (κ2) is 15.2. The minimum Gasteiger partial charge on any atom is -0.454 e. The molecule has 12 heteroatoms. The number of hydrogen-bond acceptors (Lipinski definition) is 11. The van der Waals surface area contributed by atoms with Crippen LogP contribution in [0, 0.1) is 0 Å². The number of benzene rings is 3. The lowest BCUT2D eigenvalue weighted by atomic mass is 10.2. The summed E-state index contributed by atoms with van der Waals surface area (Å²) in [6, 6.07) is 24.5. The number of carbonyl (C=O) groups is 1. The van der Waals surface area contributed by atoms with Crippen LogP contribution in [0.15, 0.2) is 78.9 Å². The molecule has 0 saturated heterocycles. The summed E-state index contributed by atoms with van der Waals surface area (Å²) in [5, 5.41) is 12.5. The van der Waals surface area contributed by atoms with Gasteiger partial charge in [-0.2, -0.15) is 15.0 Å². The molecule has 1 amide bonds. The van der Waals surface area contributed by atoms with Gasteiger partial charge in [-0.1, -0.05) is 48.5 Å². The van der Waals surface area contributed by atoms with Gasteiger partial charge in [0, 0.05) is 36.4 Å². The van der Waals surface area contributed by atoms with E-state index in [1.807, 2.05) is 66.7 Å². The largest absolute Gasteiger partial charge is 0.454 e. The average Bonchev–Trinajstić information content (AvgIpc) is 3.51. The van der Waals surface area contributed by atoms with Gasteiger partial charge >= 0.3 is 0 Å². The number of rotatable bonds is 16. The van der Waals surface area contributed by atoms with Crippen molar-refractivity contribution in [3.8, 4) is 11.5 Å². The highest BCUT2D eigenvalue weighted by Crippen LogP contribution is 2.35. The summed E-state index contributed by atoms with van der Waals surface area (Å²) in [5.41, 5.74) is 2.42. The fraction of sp³-hybridized carbons (Fsp3) is 0.267. The van der Waals surface area contributed by atoms with E-state index < -0.39 is 0 Å². The molecule has 42 heavy (non-hydrogen) atoms. The van der Waals surface area contributed by atoms with Gasteiger partial charge in [-0.25, -0.2) is 0 Å². The Hall–Kier alpha value is -4.94. The van der Waals surface area contributed by atoms with Crippen LogP contribution in [0.5, 0.6) is 11.5 Å². The molecule has 0 atom stereocenters. The summed E-state index contributed by atoms with van der Waals surface area (Å²) in [5.74, 6) is 2.52. The maximum absolute atomic E-state index is 12.0. The second-order valence-electron chi connectivity index (χ2n) is 9.08. The van der Waals surface area contributed by atoms with E-state index in [0.717, 1.165) is 22.7 Å². The summed E-state index contributed by atoms with van der Waals surface area (Å²) < 4.78 is 22.3. The molecule has 3 aromatic carbocycles. The highest BCUT2D eigenvalue weighted by Gasteiger charge is 2.17. The molecule has 4 N–H and O–H groups in total. The van der Waals surface area contributed by atoms with E-state index in [-0.39, 0.29) is 12.7 Å².